The van der Waals surface area contributed by atoms with E-state index in [1.807, 2.05) is 0 Å². The third-order valence-electron chi connectivity index (χ3n) is 2.77. The highest BCUT2D eigenvalue weighted by atomic mass is 16.5. The van der Waals surface area contributed by atoms with E-state index in [1.54, 1.807) is 0 Å². The minimum absolute atomic E-state index is 0.101. The number of hydrogen-bond acceptors (Lipinski definition) is 3. The maximum atomic E-state index is 5.80. The van der Waals surface area contributed by atoms with Crippen molar-refractivity contribution in [1.82, 2.24) is 5.32 Å². The Morgan fingerprint density at radius 1 is 1.33 bits per heavy atom. The van der Waals surface area contributed by atoms with Gasteiger partial charge in [-0.25, -0.2) is 0 Å². The second-order valence-electron chi connectivity index (χ2n) is 5.61. The van der Waals surface area contributed by atoms with E-state index in [1.165, 1.54) is 5.56 Å². The Balaban J connectivity index is 2.07. The Labute approximate surface area is 109 Å². The van der Waals surface area contributed by atoms with E-state index in [0.29, 0.717) is 6.61 Å². The number of benzene rings is 1. The highest BCUT2D eigenvalue weighted by Gasteiger charge is 2.11. The standard InChI is InChI=1S/C15H22N2O/c1-15(2,3)18-11-12-6-4-7-13(10-12)14-16-8-5-9-17-14/h4,6-7,10H,5,8-9,11H2,1-3H3,(H,16,17). The lowest BCUT2D eigenvalue weighted by molar-refractivity contribution is -0.0149. The first-order chi connectivity index (χ1) is 8.54. The molecule has 18 heavy (non-hydrogen) atoms. The summed E-state index contributed by atoms with van der Waals surface area (Å²) in [6.07, 6.45) is 1.12. The van der Waals surface area contributed by atoms with E-state index < -0.39 is 0 Å². The fraction of sp³-hybridized carbons (Fsp3) is 0.533. The van der Waals surface area contributed by atoms with Crippen molar-refractivity contribution >= 4 is 5.84 Å². The number of amidine groups is 1. The molecule has 1 aliphatic rings. The van der Waals surface area contributed by atoms with Gasteiger partial charge in [-0.15, -0.1) is 0 Å². The van der Waals surface area contributed by atoms with Gasteiger partial charge in [0.1, 0.15) is 5.84 Å². The molecule has 1 aromatic rings. The topological polar surface area (TPSA) is 33.6 Å². The highest BCUT2D eigenvalue weighted by molar-refractivity contribution is 5.99. The zero-order chi connectivity index (χ0) is 13.0. The van der Waals surface area contributed by atoms with Gasteiger partial charge < -0.3 is 10.1 Å². The molecular weight excluding hydrogens is 224 g/mol. The average molecular weight is 246 g/mol. The monoisotopic (exact) mass is 246 g/mol. The summed E-state index contributed by atoms with van der Waals surface area (Å²) in [6.45, 7) is 8.80. The Hall–Kier alpha value is -1.35. The summed E-state index contributed by atoms with van der Waals surface area (Å²) in [5.74, 6) is 1.01. The molecule has 0 aromatic heterocycles. The molecule has 0 radical (unpaired) electrons. The quantitative estimate of drug-likeness (QED) is 0.889. The summed E-state index contributed by atoms with van der Waals surface area (Å²) in [5, 5.41) is 3.34. The number of nitrogens with zero attached hydrogens (tertiary/aromatic N) is 1. The molecule has 1 heterocycles. The maximum absolute atomic E-state index is 5.80. The predicted octanol–water partition coefficient (Wildman–Crippen LogP) is 2.74. The first-order valence-electron chi connectivity index (χ1n) is 6.56. The molecule has 0 fully saturated rings. The highest BCUT2D eigenvalue weighted by Crippen LogP contribution is 2.13. The van der Waals surface area contributed by atoms with Gasteiger partial charge in [-0.05, 0) is 38.8 Å². The van der Waals surface area contributed by atoms with Crippen LogP contribution in [-0.2, 0) is 11.3 Å². The van der Waals surface area contributed by atoms with E-state index in [9.17, 15) is 0 Å². The molecule has 0 saturated carbocycles. The normalized spacial score (nSPS) is 16.1. The molecule has 0 amide bonds. The minimum Gasteiger partial charge on any atom is -0.371 e. The van der Waals surface area contributed by atoms with E-state index in [-0.39, 0.29) is 5.60 Å². The van der Waals surface area contributed by atoms with Crippen molar-refractivity contribution in [3.63, 3.8) is 0 Å². The van der Waals surface area contributed by atoms with E-state index in [2.05, 4.69) is 55.3 Å². The van der Waals surface area contributed by atoms with Crippen LogP contribution in [0.4, 0.5) is 0 Å². The van der Waals surface area contributed by atoms with Crippen molar-refractivity contribution in [2.24, 2.45) is 4.99 Å². The van der Waals surface area contributed by atoms with Gasteiger partial charge in [0.2, 0.25) is 0 Å². The lowest BCUT2D eigenvalue weighted by Gasteiger charge is -2.20. The van der Waals surface area contributed by atoms with Crippen LogP contribution in [-0.4, -0.2) is 24.5 Å². The lowest BCUT2D eigenvalue weighted by atomic mass is 10.1. The van der Waals surface area contributed by atoms with Crippen LogP contribution in [0.15, 0.2) is 29.3 Å². The molecule has 0 bridgehead atoms. The second-order valence-corrected chi connectivity index (χ2v) is 5.61. The number of aliphatic imine (C=N–C) groups is 1. The molecule has 3 nitrogen and oxygen atoms in total. The van der Waals surface area contributed by atoms with Crippen molar-refractivity contribution < 1.29 is 4.74 Å². The SMILES string of the molecule is CC(C)(C)OCc1cccc(C2=NCCCN2)c1. The van der Waals surface area contributed by atoms with Gasteiger partial charge in [0.25, 0.3) is 0 Å². The van der Waals surface area contributed by atoms with Crippen LogP contribution in [0.2, 0.25) is 0 Å². The van der Waals surface area contributed by atoms with E-state index in [0.717, 1.165) is 30.9 Å². The summed E-state index contributed by atoms with van der Waals surface area (Å²) in [7, 11) is 0. The van der Waals surface area contributed by atoms with Crippen molar-refractivity contribution in [2.75, 3.05) is 13.1 Å². The van der Waals surface area contributed by atoms with Gasteiger partial charge in [0, 0.05) is 18.7 Å². The van der Waals surface area contributed by atoms with Crippen molar-refractivity contribution in [2.45, 2.75) is 39.4 Å². The van der Waals surface area contributed by atoms with Gasteiger partial charge in [-0.1, -0.05) is 18.2 Å². The van der Waals surface area contributed by atoms with Gasteiger partial charge in [0.05, 0.1) is 12.2 Å². The fourth-order valence-corrected chi connectivity index (χ4v) is 1.83. The molecule has 1 N–H and O–H groups in total. The fourth-order valence-electron chi connectivity index (χ4n) is 1.83. The molecule has 2 rings (SSSR count). The number of nitrogens with one attached hydrogen (secondary N) is 1. The average Bonchev–Trinajstić information content (AvgIpc) is 2.37. The van der Waals surface area contributed by atoms with Crippen molar-refractivity contribution in [3.05, 3.63) is 35.4 Å². The third-order valence-corrected chi connectivity index (χ3v) is 2.77. The lowest BCUT2D eigenvalue weighted by Crippen LogP contribution is -2.30. The van der Waals surface area contributed by atoms with Crippen molar-refractivity contribution in [1.29, 1.82) is 0 Å². The first kappa shape index (κ1) is 13.1. The summed E-state index contributed by atoms with van der Waals surface area (Å²) in [5.41, 5.74) is 2.25. The van der Waals surface area contributed by atoms with Crippen molar-refractivity contribution in [3.8, 4) is 0 Å². The van der Waals surface area contributed by atoms with Crippen LogP contribution in [0, 0.1) is 0 Å². The predicted molar refractivity (Wildman–Crippen MR) is 75.0 cm³/mol. The molecule has 98 valence electrons. The minimum atomic E-state index is -0.101. The Kier molecular flexibility index (Phi) is 4.02. The summed E-state index contributed by atoms with van der Waals surface area (Å²) >= 11 is 0. The molecule has 0 saturated heterocycles. The summed E-state index contributed by atoms with van der Waals surface area (Å²) in [4.78, 5) is 4.51. The van der Waals surface area contributed by atoms with Crippen LogP contribution in [0.1, 0.15) is 38.3 Å². The zero-order valence-electron chi connectivity index (χ0n) is 11.5. The smallest absolute Gasteiger partial charge is 0.128 e. The number of hydrogen-bond donors (Lipinski definition) is 1. The van der Waals surface area contributed by atoms with Crippen LogP contribution in [0.5, 0.6) is 0 Å². The number of ether oxygens (including phenoxy) is 1. The van der Waals surface area contributed by atoms with Crippen LogP contribution in [0.3, 0.4) is 0 Å². The van der Waals surface area contributed by atoms with Gasteiger partial charge in [0.15, 0.2) is 0 Å². The van der Waals surface area contributed by atoms with E-state index >= 15 is 0 Å². The second kappa shape index (κ2) is 5.53. The first-order valence-corrected chi connectivity index (χ1v) is 6.56. The van der Waals surface area contributed by atoms with Crippen LogP contribution < -0.4 is 5.32 Å². The van der Waals surface area contributed by atoms with E-state index in [4.69, 9.17) is 4.74 Å². The molecule has 0 spiro atoms. The molecule has 3 heteroatoms. The molecule has 1 aromatic carbocycles. The van der Waals surface area contributed by atoms with Gasteiger partial charge >= 0.3 is 0 Å². The molecule has 0 unspecified atom stereocenters. The summed E-state index contributed by atoms with van der Waals surface area (Å²) < 4.78 is 5.80. The Morgan fingerprint density at radius 3 is 2.83 bits per heavy atom. The zero-order valence-corrected chi connectivity index (χ0v) is 11.5. The molecule has 0 atom stereocenters. The Morgan fingerprint density at radius 2 is 2.17 bits per heavy atom. The van der Waals surface area contributed by atoms with Gasteiger partial charge in [-0.3, -0.25) is 4.99 Å². The van der Waals surface area contributed by atoms with Crippen LogP contribution in [0.25, 0.3) is 0 Å². The summed E-state index contributed by atoms with van der Waals surface area (Å²) in [6, 6.07) is 8.41. The third kappa shape index (κ3) is 3.84. The van der Waals surface area contributed by atoms with Gasteiger partial charge in [-0.2, -0.15) is 0 Å². The van der Waals surface area contributed by atoms with Crippen LogP contribution >= 0.6 is 0 Å². The Bertz CT molecular complexity index is 432. The largest absolute Gasteiger partial charge is 0.371 e. The number of rotatable bonds is 3. The molecule has 1 aliphatic heterocycles. The maximum Gasteiger partial charge on any atom is 0.128 e. The molecule has 0 aliphatic carbocycles. The molecular formula is C15H22N2O.